The topological polar surface area (TPSA) is 64.7 Å². The lowest BCUT2D eigenvalue weighted by molar-refractivity contribution is 0.102. The van der Waals surface area contributed by atoms with Crippen molar-refractivity contribution in [1.29, 1.82) is 0 Å². The van der Waals surface area contributed by atoms with Crippen molar-refractivity contribution in [3.05, 3.63) is 78.4 Å². The first kappa shape index (κ1) is 15.1. The average molecular weight is 331 g/mol. The molecule has 0 fully saturated rings. The van der Waals surface area contributed by atoms with Gasteiger partial charge in [0.25, 0.3) is 5.91 Å². The number of aryl methyl sites for hydroxylation is 1. The second-order valence-corrected chi connectivity index (χ2v) is 5.92. The second-order valence-electron chi connectivity index (χ2n) is 5.92. The van der Waals surface area contributed by atoms with E-state index in [1.165, 1.54) is 22.5 Å². The molecule has 0 saturated heterocycles. The third-order valence-electron chi connectivity index (χ3n) is 4.07. The van der Waals surface area contributed by atoms with Gasteiger partial charge in [0.05, 0.1) is 30.2 Å². The van der Waals surface area contributed by atoms with Crippen molar-refractivity contribution in [2.45, 2.75) is 6.54 Å². The quantitative estimate of drug-likeness (QED) is 0.625. The molecule has 2 aromatic carbocycles. The average Bonchev–Trinajstić information content (AvgIpc) is 3.24. The summed E-state index contributed by atoms with van der Waals surface area (Å²) in [4.78, 5) is 12.2. The van der Waals surface area contributed by atoms with E-state index >= 15 is 0 Å². The summed E-state index contributed by atoms with van der Waals surface area (Å²) in [6.07, 6.45) is 6.70. The lowest BCUT2D eigenvalue weighted by atomic mass is 10.0. The van der Waals surface area contributed by atoms with Gasteiger partial charge in [-0.2, -0.15) is 10.2 Å². The summed E-state index contributed by atoms with van der Waals surface area (Å²) in [6, 6.07) is 14.5. The minimum Gasteiger partial charge on any atom is -0.319 e. The summed E-state index contributed by atoms with van der Waals surface area (Å²) in [7, 11) is 1.78. The lowest BCUT2D eigenvalue weighted by Crippen LogP contribution is -2.10. The third kappa shape index (κ3) is 3.14. The van der Waals surface area contributed by atoms with E-state index in [0.717, 1.165) is 0 Å². The zero-order valence-corrected chi connectivity index (χ0v) is 13.8. The molecule has 0 spiro atoms. The van der Waals surface area contributed by atoms with Crippen LogP contribution in [0.2, 0.25) is 0 Å². The normalized spacial score (nSPS) is 10.9. The van der Waals surface area contributed by atoms with Crippen LogP contribution in [-0.4, -0.2) is 25.5 Å². The molecule has 25 heavy (non-hydrogen) atoms. The van der Waals surface area contributed by atoms with Crippen molar-refractivity contribution >= 4 is 22.4 Å². The number of anilines is 1. The first-order valence-corrected chi connectivity index (χ1v) is 7.98. The van der Waals surface area contributed by atoms with Crippen LogP contribution in [0.25, 0.3) is 10.8 Å². The maximum absolute atomic E-state index is 12.2. The third-order valence-corrected chi connectivity index (χ3v) is 4.07. The molecule has 6 heteroatoms. The van der Waals surface area contributed by atoms with Gasteiger partial charge < -0.3 is 5.32 Å². The van der Waals surface area contributed by atoms with Gasteiger partial charge in [-0.05, 0) is 16.3 Å². The van der Waals surface area contributed by atoms with Crippen LogP contribution in [-0.2, 0) is 13.6 Å². The van der Waals surface area contributed by atoms with Crippen molar-refractivity contribution in [1.82, 2.24) is 19.6 Å². The van der Waals surface area contributed by atoms with Crippen molar-refractivity contribution in [2.75, 3.05) is 5.32 Å². The van der Waals surface area contributed by atoms with Gasteiger partial charge in [0.15, 0.2) is 0 Å². The molecule has 6 nitrogen and oxygen atoms in total. The van der Waals surface area contributed by atoms with Crippen LogP contribution in [0.4, 0.5) is 5.69 Å². The molecule has 124 valence electrons. The van der Waals surface area contributed by atoms with Gasteiger partial charge >= 0.3 is 0 Å². The first-order valence-electron chi connectivity index (χ1n) is 7.98. The highest BCUT2D eigenvalue weighted by atomic mass is 16.1. The highest BCUT2D eigenvalue weighted by Crippen LogP contribution is 2.19. The van der Waals surface area contributed by atoms with Crippen LogP contribution in [0.5, 0.6) is 0 Å². The number of hydrogen-bond donors (Lipinski definition) is 1. The van der Waals surface area contributed by atoms with Gasteiger partial charge in [0.1, 0.15) is 0 Å². The fourth-order valence-electron chi connectivity index (χ4n) is 2.86. The minimum absolute atomic E-state index is 0.196. The van der Waals surface area contributed by atoms with Crippen molar-refractivity contribution in [2.24, 2.45) is 7.05 Å². The number of benzene rings is 2. The van der Waals surface area contributed by atoms with Crippen LogP contribution in [0.1, 0.15) is 15.9 Å². The Morgan fingerprint density at radius 3 is 2.72 bits per heavy atom. The fraction of sp³-hybridized carbons (Fsp3) is 0.105. The van der Waals surface area contributed by atoms with Gasteiger partial charge in [0.2, 0.25) is 0 Å². The Morgan fingerprint density at radius 1 is 1.04 bits per heavy atom. The molecule has 0 aliphatic rings. The predicted molar refractivity (Wildman–Crippen MR) is 96.4 cm³/mol. The van der Waals surface area contributed by atoms with E-state index in [9.17, 15) is 4.79 Å². The predicted octanol–water partition coefficient (Wildman–Crippen LogP) is 3.07. The maximum atomic E-state index is 12.2. The van der Waals surface area contributed by atoms with Gasteiger partial charge in [0, 0.05) is 19.4 Å². The molecule has 0 atom stereocenters. The molecule has 0 radical (unpaired) electrons. The highest BCUT2D eigenvalue weighted by Gasteiger charge is 2.10. The van der Waals surface area contributed by atoms with Crippen LogP contribution in [0.3, 0.4) is 0 Å². The minimum atomic E-state index is -0.196. The Hall–Kier alpha value is -3.41. The summed E-state index contributed by atoms with van der Waals surface area (Å²) in [5.74, 6) is -0.196. The molecule has 0 aliphatic heterocycles. The van der Waals surface area contributed by atoms with Gasteiger partial charge in [-0.25, -0.2) is 0 Å². The van der Waals surface area contributed by atoms with Gasteiger partial charge in [-0.3, -0.25) is 14.2 Å². The summed E-state index contributed by atoms with van der Waals surface area (Å²) >= 11 is 0. The summed E-state index contributed by atoms with van der Waals surface area (Å²) in [5, 5.41) is 13.6. The SMILES string of the molecule is Cn1cc(C(=O)Nc2cnn(Cc3cccc4ccccc34)c2)cn1. The second kappa shape index (κ2) is 6.24. The molecule has 2 heterocycles. The maximum Gasteiger partial charge on any atom is 0.258 e. The summed E-state index contributed by atoms with van der Waals surface area (Å²) < 4.78 is 3.42. The molecular formula is C19H17N5O. The number of nitrogens with one attached hydrogen (secondary N) is 1. The zero-order valence-electron chi connectivity index (χ0n) is 13.8. The Kier molecular flexibility index (Phi) is 3.78. The molecule has 0 bridgehead atoms. The summed E-state index contributed by atoms with van der Waals surface area (Å²) in [5.41, 5.74) is 2.37. The first-order chi connectivity index (χ1) is 12.2. The van der Waals surface area contributed by atoms with E-state index < -0.39 is 0 Å². The monoisotopic (exact) mass is 331 g/mol. The molecule has 2 aromatic heterocycles. The van der Waals surface area contributed by atoms with Crippen molar-refractivity contribution in [3.8, 4) is 0 Å². The Bertz CT molecular complexity index is 1040. The highest BCUT2D eigenvalue weighted by molar-refractivity contribution is 6.03. The summed E-state index contributed by atoms with van der Waals surface area (Å²) in [6.45, 7) is 0.643. The Balaban J connectivity index is 1.52. The molecule has 0 unspecified atom stereocenters. The molecule has 1 amide bonds. The van der Waals surface area contributed by atoms with Gasteiger partial charge in [-0.1, -0.05) is 42.5 Å². The molecule has 0 saturated carbocycles. The molecule has 1 N–H and O–H groups in total. The Labute approximate surface area is 144 Å². The van der Waals surface area contributed by atoms with E-state index in [0.29, 0.717) is 17.8 Å². The fourth-order valence-corrected chi connectivity index (χ4v) is 2.86. The number of rotatable bonds is 4. The van der Waals surface area contributed by atoms with E-state index in [1.54, 1.807) is 24.1 Å². The van der Waals surface area contributed by atoms with E-state index in [1.807, 2.05) is 29.1 Å². The standard InChI is InChI=1S/C19H17N5O/c1-23-11-16(9-20-23)19(25)22-17-10-21-24(13-17)12-15-7-4-6-14-5-2-3-8-18(14)15/h2-11,13H,12H2,1H3,(H,22,25). The molecule has 4 rings (SSSR count). The van der Waals surface area contributed by atoms with Crippen LogP contribution >= 0.6 is 0 Å². The molecular weight excluding hydrogens is 314 g/mol. The van der Waals surface area contributed by atoms with E-state index in [-0.39, 0.29) is 5.91 Å². The van der Waals surface area contributed by atoms with E-state index in [4.69, 9.17) is 0 Å². The van der Waals surface area contributed by atoms with E-state index in [2.05, 4.69) is 39.8 Å². The molecule has 0 aliphatic carbocycles. The number of aromatic nitrogens is 4. The number of carbonyl (C=O) groups is 1. The number of hydrogen-bond acceptors (Lipinski definition) is 3. The number of carbonyl (C=O) groups excluding carboxylic acids is 1. The van der Waals surface area contributed by atoms with Crippen LogP contribution < -0.4 is 5.32 Å². The number of nitrogens with zero attached hydrogens (tertiary/aromatic N) is 4. The van der Waals surface area contributed by atoms with Crippen molar-refractivity contribution < 1.29 is 4.79 Å². The zero-order chi connectivity index (χ0) is 17.2. The van der Waals surface area contributed by atoms with Gasteiger partial charge in [-0.15, -0.1) is 0 Å². The lowest BCUT2D eigenvalue weighted by Gasteiger charge is -2.06. The Morgan fingerprint density at radius 2 is 1.88 bits per heavy atom. The van der Waals surface area contributed by atoms with Crippen LogP contribution in [0.15, 0.2) is 67.3 Å². The van der Waals surface area contributed by atoms with Crippen LogP contribution in [0, 0.1) is 0 Å². The van der Waals surface area contributed by atoms with Crippen molar-refractivity contribution in [3.63, 3.8) is 0 Å². The number of amides is 1. The smallest absolute Gasteiger partial charge is 0.258 e. The molecule has 4 aromatic rings. The largest absolute Gasteiger partial charge is 0.319 e. The number of fused-ring (bicyclic) bond motifs is 1.